The van der Waals surface area contributed by atoms with Crippen molar-refractivity contribution in [3.05, 3.63) is 35.4 Å². The number of Topliss-reactive ketones (excluding diaryl/α,β-unsaturated/α-hetero) is 1. The molecule has 0 radical (unpaired) electrons. The molecule has 1 atom stereocenters. The summed E-state index contributed by atoms with van der Waals surface area (Å²) in [5.74, 6) is 0.870. The van der Waals surface area contributed by atoms with Gasteiger partial charge in [0.25, 0.3) is 0 Å². The van der Waals surface area contributed by atoms with E-state index in [-0.39, 0.29) is 17.7 Å². The molecule has 4 heteroatoms. The van der Waals surface area contributed by atoms with E-state index in [2.05, 4.69) is 17.9 Å². The average molecular weight is 277 g/mol. The van der Waals surface area contributed by atoms with E-state index >= 15 is 0 Å². The lowest BCUT2D eigenvalue weighted by atomic mass is 10.1. The quantitative estimate of drug-likeness (QED) is 0.811. The van der Waals surface area contributed by atoms with Crippen LogP contribution in [0.2, 0.25) is 0 Å². The lowest BCUT2D eigenvalue weighted by Crippen LogP contribution is -2.37. The highest BCUT2D eigenvalue weighted by Gasteiger charge is 2.25. The number of hydrogen-bond acceptors (Lipinski definition) is 3. The van der Waals surface area contributed by atoms with Crippen molar-refractivity contribution in [1.82, 2.24) is 5.32 Å². The van der Waals surface area contributed by atoms with Gasteiger partial charge in [0.15, 0.2) is 5.78 Å². The SMILES string of the molecule is O=C(CCc1ccc(CS)cc1)N[C@H]1CCCC1=O. The second-order valence-corrected chi connectivity index (χ2v) is 5.27. The van der Waals surface area contributed by atoms with Crippen LogP contribution in [0.25, 0.3) is 0 Å². The third-order valence-electron chi connectivity index (χ3n) is 3.49. The summed E-state index contributed by atoms with van der Waals surface area (Å²) in [6, 6.07) is 7.87. The summed E-state index contributed by atoms with van der Waals surface area (Å²) < 4.78 is 0. The Morgan fingerprint density at radius 3 is 2.53 bits per heavy atom. The monoisotopic (exact) mass is 277 g/mol. The Bertz CT molecular complexity index is 456. The maximum Gasteiger partial charge on any atom is 0.220 e. The molecular weight excluding hydrogens is 258 g/mol. The van der Waals surface area contributed by atoms with Crippen molar-refractivity contribution in [2.75, 3.05) is 0 Å². The molecule has 0 aromatic heterocycles. The topological polar surface area (TPSA) is 46.2 Å². The van der Waals surface area contributed by atoms with Crippen molar-refractivity contribution < 1.29 is 9.59 Å². The van der Waals surface area contributed by atoms with Gasteiger partial charge in [0.1, 0.15) is 0 Å². The number of thiol groups is 1. The van der Waals surface area contributed by atoms with Gasteiger partial charge in [-0.1, -0.05) is 24.3 Å². The molecule has 1 amide bonds. The van der Waals surface area contributed by atoms with Crippen LogP contribution in [0.1, 0.15) is 36.8 Å². The van der Waals surface area contributed by atoms with E-state index in [0.29, 0.717) is 19.3 Å². The molecule has 0 aliphatic heterocycles. The number of aryl methyl sites for hydroxylation is 1. The molecule has 2 rings (SSSR count). The Labute approximate surface area is 119 Å². The van der Waals surface area contributed by atoms with Gasteiger partial charge in [-0.15, -0.1) is 0 Å². The Morgan fingerprint density at radius 1 is 1.26 bits per heavy atom. The highest BCUT2D eigenvalue weighted by atomic mass is 32.1. The van der Waals surface area contributed by atoms with Gasteiger partial charge in [0.05, 0.1) is 6.04 Å². The summed E-state index contributed by atoms with van der Waals surface area (Å²) in [6.45, 7) is 0. The molecule has 1 aliphatic rings. The number of nitrogens with one attached hydrogen (secondary N) is 1. The highest BCUT2D eigenvalue weighted by molar-refractivity contribution is 7.79. The minimum absolute atomic E-state index is 0.0291. The lowest BCUT2D eigenvalue weighted by Gasteiger charge is -2.10. The predicted octanol–water partition coefficient (Wildman–Crippen LogP) is 2.29. The summed E-state index contributed by atoms with van der Waals surface area (Å²) in [7, 11) is 0. The molecule has 1 aromatic carbocycles. The fourth-order valence-electron chi connectivity index (χ4n) is 2.30. The summed E-state index contributed by atoms with van der Waals surface area (Å²) in [4.78, 5) is 23.2. The molecule has 1 saturated carbocycles. The van der Waals surface area contributed by atoms with Crippen LogP contribution >= 0.6 is 12.6 Å². The van der Waals surface area contributed by atoms with Crippen LogP contribution in [0.4, 0.5) is 0 Å². The molecule has 0 heterocycles. The van der Waals surface area contributed by atoms with Gasteiger partial charge in [-0.25, -0.2) is 0 Å². The third kappa shape index (κ3) is 4.10. The van der Waals surface area contributed by atoms with Gasteiger partial charge in [0.2, 0.25) is 5.91 Å². The van der Waals surface area contributed by atoms with Gasteiger partial charge in [-0.2, -0.15) is 12.6 Å². The molecule has 0 saturated heterocycles. The minimum atomic E-state index is -0.237. The number of carbonyl (C=O) groups excluding carboxylic acids is 2. The summed E-state index contributed by atoms with van der Waals surface area (Å²) in [5.41, 5.74) is 2.31. The largest absolute Gasteiger partial charge is 0.346 e. The predicted molar refractivity (Wildman–Crippen MR) is 78.2 cm³/mol. The molecule has 3 nitrogen and oxygen atoms in total. The van der Waals surface area contributed by atoms with Crippen molar-refractivity contribution in [2.45, 2.75) is 43.9 Å². The molecule has 1 N–H and O–H groups in total. The van der Waals surface area contributed by atoms with E-state index in [1.807, 2.05) is 24.3 Å². The first-order valence-corrected chi connectivity index (χ1v) is 7.33. The number of amides is 1. The normalized spacial score (nSPS) is 18.6. The number of ketones is 1. The van der Waals surface area contributed by atoms with Crippen LogP contribution < -0.4 is 5.32 Å². The summed E-state index contributed by atoms with van der Waals surface area (Å²) in [6.07, 6.45) is 3.44. The molecule has 1 aliphatic carbocycles. The summed E-state index contributed by atoms with van der Waals surface area (Å²) in [5, 5.41) is 2.82. The molecule has 0 spiro atoms. The van der Waals surface area contributed by atoms with Gasteiger partial charge in [-0.3, -0.25) is 9.59 Å². The zero-order chi connectivity index (χ0) is 13.7. The Balaban J connectivity index is 1.77. The molecular formula is C15H19NO2S. The number of hydrogen-bond donors (Lipinski definition) is 2. The second kappa shape index (κ2) is 6.75. The van der Waals surface area contributed by atoms with Crippen LogP contribution in [0.3, 0.4) is 0 Å². The van der Waals surface area contributed by atoms with E-state index in [0.717, 1.165) is 24.2 Å². The van der Waals surface area contributed by atoms with Crippen molar-refractivity contribution in [3.63, 3.8) is 0 Å². The van der Waals surface area contributed by atoms with Crippen molar-refractivity contribution in [3.8, 4) is 0 Å². The first kappa shape index (κ1) is 14.1. The van der Waals surface area contributed by atoms with E-state index in [4.69, 9.17) is 0 Å². The second-order valence-electron chi connectivity index (χ2n) is 4.95. The number of benzene rings is 1. The fraction of sp³-hybridized carbons (Fsp3) is 0.467. The van der Waals surface area contributed by atoms with Crippen molar-refractivity contribution in [1.29, 1.82) is 0 Å². The third-order valence-corrected chi connectivity index (χ3v) is 3.85. The van der Waals surface area contributed by atoms with Gasteiger partial charge in [-0.05, 0) is 30.4 Å². The van der Waals surface area contributed by atoms with E-state index < -0.39 is 0 Å². The van der Waals surface area contributed by atoms with Crippen LogP contribution in [0.15, 0.2) is 24.3 Å². The van der Waals surface area contributed by atoms with Crippen LogP contribution in [-0.2, 0) is 21.8 Å². The van der Waals surface area contributed by atoms with E-state index in [1.165, 1.54) is 5.56 Å². The van der Waals surface area contributed by atoms with Gasteiger partial charge < -0.3 is 5.32 Å². The first-order chi connectivity index (χ1) is 9.19. The van der Waals surface area contributed by atoms with E-state index in [9.17, 15) is 9.59 Å². The number of rotatable bonds is 5. The fourth-order valence-corrected chi connectivity index (χ4v) is 2.51. The van der Waals surface area contributed by atoms with Crippen LogP contribution in [0, 0.1) is 0 Å². The number of carbonyl (C=O) groups is 2. The zero-order valence-corrected chi connectivity index (χ0v) is 11.8. The molecule has 0 bridgehead atoms. The summed E-state index contributed by atoms with van der Waals surface area (Å²) >= 11 is 4.21. The smallest absolute Gasteiger partial charge is 0.220 e. The Morgan fingerprint density at radius 2 is 1.95 bits per heavy atom. The molecule has 0 unspecified atom stereocenters. The maximum atomic E-state index is 11.8. The van der Waals surface area contributed by atoms with Crippen LogP contribution in [0.5, 0.6) is 0 Å². The van der Waals surface area contributed by atoms with Gasteiger partial charge in [0, 0.05) is 18.6 Å². The van der Waals surface area contributed by atoms with Crippen LogP contribution in [-0.4, -0.2) is 17.7 Å². The molecule has 19 heavy (non-hydrogen) atoms. The zero-order valence-electron chi connectivity index (χ0n) is 10.9. The molecule has 102 valence electrons. The standard InChI is InChI=1S/C15H19NO2S/c17-14-3-1-2-13(14)16-15(18)9-8-11-4-6-12(10-19)7-5-11/h4-7,13,19H,1-3,8-10H2,(H,16,18)/t13-/m0/s1. The lowest BCUT2D eigenvalue weighted by molar-refractivity contribution is -0.126. The molecule has 1 aromatic rings. The minimum Gasteiger partial charge on any atom is -0.346 e. The average Bonchev–Trinajstić information content (AvgIpc) is 2.82. The maximum absolute atomic E-state index is 11.8. The first-order valence-electron chi connectivity index (χ1n) is 6.70. The molecule has 1 fully saturated rings. The highest BCUT2D eigenvalue weighted by Crippen LogP contribution is 2.14. The van der Waals surface area contributed by atoms with Crippen molar-refractivity contribution in [2.24, 2.45) is 0 Å². The van der Waals surface area contributed by atoms with Gasteiger partial charge >= 0.3 is 0 Å². The Hall–Kier alpha value is -1.29. The Kier molecular flexibility index (Phi) is 5.02. The van der Waals surface area contributed by atoms with Crippen molar-refractivity contribution >= 4 is 24.3 Å². The van der Waals surface area contributed by atoms with E-state index in [1.54, 1.807) is 0 Å².